The predicted molar refractivity (Wildman–Crippen MR) is 99.5 cm³/mol. The van der Waals surface area contributed by atoms with Crippen LogP contribution in [0.25, 0.3) is 11.4 Å². The maximum absolute atomic E-state index is 11.9. The molecule has 1 saturated heterocycles. The molecule has 7 nitrogen and oxygen atoms in total. The van der Waals surface area contributed by atoms with E-state index in [1.165, 1.54) is 0 Å². The third-order valence-corrected chi connectivity index (χ3v) is 6.53. The van der Waals surface area contributed by atoms with Gasteiger partial charge >= 0.3 is 0 Å². The van der Waals surface area contributed by atoms with Gasteiger partial charge < -0.3 is 8.94 Å². The van der Waals surface area contributed by atoms with Gasteiger partial charge in [0.05, 0.1) is 30.9 Å². The van der Waals surface area contributed by atoms with Crippen molar-refractivity contribution < 1.29 is 17.4 Å². The van der Waals surface area contributed by atoms with Crippen LogP contribution in [0.15, 0.2) is 51.6 Å². The Bertz CT molecular complexity index is 994. The number of nitrogens with zero attached hydrogens (tertiary/aromatic N) is 3. The number of hydrogen-bond acceptors (Lipinski definition) is 7. The van der Waals surface area contributed by atoms with Crippen molar-refractivity contribution in [2.24, 2.45) is 0 Å². The lowest BCUT2D eigenvalue weighted by atomic mass is 10.1. The first-order valence-electron chi connectivity index (χ1n) is 8.85. The Morgan fingerprint density at radius 3 is 2.67 bits per heavy atom. The largest absolute Gasteiger partial charge is 0.468 e. The van der Waals surface area contributed by atoms with Crippen LogP contribution in [-0.2, 0) is 22.9 Å². The molecule has 1 unspecified atom stereocenters. The molecule has 0 aliphatic carbocycles. The number of sulfone groups is 1. The van der Waals surface area contributed by atoms with Gasteiger partial charge in [0.15, 0.2) is 9.84 Å². The molecule has 1 aromatic carbocycles. The van der Waals surface area contributed by atoms with Crippen LogP contribution < -0.4 is 0 Å². The van der Waals surface area contributed by atoms with Crippen molar-refractivity contribution in [2.75, 3.05) is 11.5 Å². The molecule has 4 rings (SSSR count). The normalized spacial score (nSPS) is 19.0. The second kappa shape index (κ2) is 7.28. The van der Waals surface area contributed by atoms with E-state index in [1.807, 2.05) is 48.2 Å². The van der Waals surface area contributed by atoms with Gasteiger partial charge in [-0.2, -0.15) is 4.98 Å². The van der Waals surface area contributed by atoms with Gasteiger partial charge in [-0.05, 0) is 25.5 Å². The highest BCUT2D eigenvalue weighted by Crippen LogP contribution is 2.23. The van der Waals surface area contributed by atoms with Crippen LogP contribution in [0.3, 0.4) is 0 Å². The van der Waals surface area contributed by atoms with Gasteiger partial charge in [-0.25, -0.2) is 8.42 Å². The van der Waals surface area contributed by atoms with Crippen LogP contribution >= 0.6 is 0 Å². The summed E-state index contributed by atoms with van der Waals surface area (Å²) in [5.74, 6) is 2.12. The molecule has 3 aromatic rings. The highest BCUT2D eigenvalue weighted by molar-refractivity contribution is 7.91. The summed E-state index contributed by atoms with van der Waals surface area (Å²) in [6, 6.07) is 11.5. The zero-order valence-corrected chi connectivity index (χ0v) is 15.9. The quantitative estimate of drug-likeness (QED) is 0.642. The van der Waals surface area contributed by atoms with Crippen LogP contribution in [0.4, 0.5) is 0 Å². The highest BCUT2D eigenvalue weighted by Gasteiger charge is 2.33. The lowest BCUT2D eigenvalue weighted by molar-refractivity contribution is 0.157. The Morgan fingerprint density at radius 2 is 2.00 bits per heavy atom. The molecule has 0 amide bonds. The minimum atomic E-state index is -2.99. The third-order valence-electron chi connectivity index (χ3n) is 4.78. The van der Waals surface area contributed by atoms with E-state index in [1.54, 1.807) is 6.26 Å². The lowest BCUT2D eigenvalue weighted by Crippen LogP contribution is -2.35. The van der Waals surface area contributed by atoms with E-state index in [-0.39, 0.29) is 17.5 Å². The van der Waals surface area contributed by atoms with Crippen LogP contribution in [0.5, 0.6) is 0 Å². The van der Waals surface area contributed by atoms with Crippen molar-refractivity contribution in [3.05, 3.63) is 59.9 Å². The minimum absolute atomic E-state index is 0.0881. The molecule has 0 N–H and O–H groups in total. The highest BCUT2D eigenvalue weighted by atomic mass is 32.2. The van der Waals surface area contributed by atoms with Gasteiger partial charge in [0, 0.05) is 11.6 Å². The summed E-state index contributed by atoms with van der Waals surface area (Å²) in [5, 5.41) is 4.07. The van der Waals surface area contributed by atoms with Crippen molar-refractivity contribution in [2.45, 2.75) is 32.5 Å². The van der Waals surface area contributed by atoms with E-state index in [9.17, 15) is 8.42 Å². The van der Waals surface area contributed by atoms with Crippen molar-refractivity contribution in [3.63, 3.8) is 0 Å². The van der Waals surface area contributed by atoms with Crippen molar-refractivity contribution in [1.29, 1.82) is 0 Å². The van der Waals surface area contributed by atoms with E-state index in [2.05, 4.69) is 10.1 Å². The first-order valence-corrected chi connectivity index (χ1v) is 10.7. The monoisotopic (exact) mass is 387 g/mol. The SMILES string of the molecule is Cc1ccc(-c2noc(CN(Cc3ccco3)C3CCS(=O)(=O)C3)n2)cc1. The van der Waals surface area contributed by atoms with Crippen LogP contribution in [0, 0.1) is 6.92 Å². The molecule has 1 fully saturated rings. The van der Waals surface area contributed by atoms with Crippen molar-refractivity contribution in [3.8, 4) is 11.4 Å². The molecule has 8 heteroatoms. The van der Waals surface area contributed by atoms with Gasteiger partial charge in [-0.1, -0.05) is 35.0 Å². The van der Waals surface area contributed by atoms with E-state index in [0.717, 1.165) is 16.9 Å². The Kier molecular flexibility index (Phi) is 4.84. The summed E-state index contributed by atoms with van der Waals surface area (Å²) in [6.07, 6.45) is 2.21. The maximum Gasteiger partial charge on any atom is 0.241 e. The topological polar surface area (TPSA) is 89.4 Å². The van der Waals surface area contributed by atoms with E-state index >= 15 is 0 Å². The van der Waals surface area contributed by atoms with E-state index in [4.69, 9.17) is 8.94 Å². The van der Waals surface area contributed by atoms with Crippen LogP contribution in [-0.4, -0.2) is 41.0 Å². The molecule has 27 heavy (non-hydrogen) atoms. The Balaban J connectivity index is 1.53. The standard InChI is InChI=1S/C19H21N3O4S/c1-14-4-6-15(7-5-14)19-20-18(26-21-19)12-22(11-17-3-2-9-25-17)16-8-10-27(23,24)13-16/h2-7,9,16H,8,10-13H2,1H3. The van der Waals surface area contributed by atoms with Crippen LogP contribution in [0.2, 0.25) is 0 Å². The first-order chi connectivity index (χ1) is 13.0. The summed E-state index contributed by atoms with van der Waals surface area (Å²) < 4.78 is 34.7. The van der Waals surface area contributed by atoms with Gasteiger partial charge in [-0.15, -0.1) is 0 Å². The van der Waals surface area contributed by atoms with Gasteiger partial charge in [0.25, 0.3) is 0 Å². The number of rotatable bonds is 6. The summed E-state index contributed by atoms with van der Waals surface area (Å²) in [6.45, 7) is 2.89. The zero-order valence-electron chi connectivity index (χ0n) is 15.0. The molecule has 0 saturated carbocycles. The summed E-state index contributed by atoms with van der Waals surface area (Å²) in [4.78, 5) is 6.53. The molecule has 1 aliphatic rings. The van der Waals surface area contributed by atoms with Gasteiger partial charge in [0.1, 0.15) is 5.76 Å². The third kappa shape index (κ3) is 4.28. The first kappa shape index (κ1) is 17.9. The lowest BCUT2D eigenvalue weighted by Gasteiger charge is -2.25. The number of aryl methyl sites for hydroxylation is 1. The molecule has 142 valence electrons. The predicted octanol–water partition coefficient (Wildman–Crippen LogP) is 2.83. The van der Waals surface area contributed by atoms with Crippen LogP contribution in [0.1, 0.15) is 23.6 Å². The smallest absolute Gasteiger partial charge is 0.241 e. The average molecular weight is 387 g/mol. The average Bonchev–Trinajstić information content (AvgIpc) is 3.36. The maximum atomic E-state index is 11.9. The number of hydrogen-bond donors (Lipinski definition) is 0. The molecule has 2 aromatic heterocycles. The van der Waals surface area contributed by atoms with Gasteiger partial charge in [0.2, 0.25) is 11.7 Å². The molecular formula is C19H21N3O4S. The molecule has 1 atom stereocenters. The van der Waals surface area contributed by atoms with E-state index < -0.39 is 9.84 Å². The molecule has 3 heterocycles. The Hall–Kier alpha value is -2.45. The molecule has 0 spiro atoms. The molecule has 1 aliphatic heterocycles. The molecule has 0 radical (unpaired) electrons. The molecular weight excluding hydrogens is 366 g/mol. The fourth-order valence-electron chi connectivity index (χ4n) is 3.29. The number of benzene rings is 1. The number of furan rings is 1. The fourth-order valence-corrected chi connectivity index (χ4v) is 5.05. The zero-order chi connectivity index (χ0) is 18.9. The van der Waals surface area contributed by atoms with E-state index in [0.29, 0.717) is 31.2 Å². The van der Waals surface area contributed by atoms with Gasteiger partial charge in [-0.3, -0.25) is 4.90 Å². The Labute approximate surface area is 157 Å². The Morgan fingerprint density at radius 1 is 1.19 bits per heavy atom. The summed E-state index contributed by atoms with van der Waals surface area (Å²) in [5.41, 5.74) is 2.05. The fraction of sp³-hybridized carbons (Fsp3) is 0.368. The van der Waals surface area contributed by atoms with Crippen molar-refractivity contribution in [1.82, 2.24) is 15.0 Å². The summed E-state index contributed by atoms with van der Waals surface area (Å²) >= 11 is 0. The molecule has 0 bridgehead atoms. The van der Waals surface area contributed by atoms with Crippen molar-refractivity contribution >= 4 is 9.84 Å². The summed E-state index contributed by atoms with van der Waals surface area (Å²) in [7, 11) is -2.99. The second-order valence-electron chi connectivity index (χ2n) is 6.92. The second-order valence-corrected chi connectivity index (χ2v) is 9.15. The minimum Gasteiger partial charge on any atom is -0.468 e. The number of aromatic nitrogens is 2.